The van der Waals surface area contributed by atoms with E-state index in [2.05, 4.69) is 26.8 Å². The van der Waals surface area contributed by atoms with Crippen molar-refractivity contribution in [3.63, 3.8) is 0 Å². The minimum Gasteiger partial charge on any atom is -0.382 e. The maximum atomic E-state index is 13.9. The van der Waals surface area contributed by atoms with Gasteiger partial charge in [-0.2, -0.15) is 10.4 Å². The Balaban J connectivity index is 0.00000408. The Labute approximate surface area is 217 Å². The highest BCUT2D eigenvalue weighted by molar-refractivity contribution is 14.0. The van der Waals surface area contributed by atoms with E-state index in [1.54, 1.807) is 23.7 Å². The van der Waals surface area contributed by atoms with Crippen LogP contribution in [-0.2, 0) is 6.42 Å². The van der Waals surface area contributed by atoms with Gasteiger partial charge in [-0.15, -0.1) is 24.0 Å². The number of para-hydroxylation sites is 1. The van der Waals surface area contributed by atoms with Gasteiger partial charge in [-0.1, -0.05) is 30.3 Å². The Morgan fingerprint density at radius 3 is 2.65 bits per heavy atom. The second-order valence-corrected chi connectivity index (χ2v) is 7.80. The number of rotatable bonds is 8. The van der Waals surface area contributed by atoms with Crippen LogP contribution in [0.25, 0.3) is 5.69 Å². The van der Waals surface area contributed by atoms with Crippen molar-refractivity contribution in [1.82, 2.24) is 20.4 Å². The second-order valence-electron chi connectivity index (χ2n) is 7.80. The molecule has 0 radical (unpaired) electrons. The van der Waals surface area contributed by atoms with Crippen LogP contribution in [0.15, 0.2) is 53.5 Å². The number of nitrogens with zero attached hydrogens (tertiary/aromatic N) is 4. The van der Waals surface area contributed by atoms with Gasteiger partial charge in [0.05, 0.1) is 17.4 Å². The first kappa shape index (κ1) is 27.1. The summed E-state index contributed by atoms with van der Waals surface area (Å²) in [5.74, 6) is 0.780. The van der Waals surface area contributed by atoms with Crippen molar-refractivity contribution in [1.29, 1.82) is 5.26 Å². The zero-order valence-electron chi connectivity index (χ0n) is 19.7. The Hall–Kier alpha value is -3.13. The van der Waals surface area contributed by atoms with E-state index < -0.39 is 0 Å². The summed E-state index contributed by atoms with van der Waals surface area (Å²) in [5.41, 5.74) is 9.53. The van der Waals surface area contributed by atoms with Crippen LogP contribution in [0.2, 0.25) is 0 Å². The number of hydrogen-bond acceptors (Lipinski definition) is 4. The van der Waals surface area contributed by atoms with Gasteiger partial charge in [0.15, 0.2) is 5.96 Å². The van der Waals surface area contributed by atoms with Crippen LogP contribution in [0.1, 0.15) is 48.7 Å². The lowest BCUT2D eigenvalue weighted by Crippen LogP contribution is -2.38. The highest BCUT2D eigenvalue weighted by Crippen LogP contribution is 2.21. The molecule has 7 nitrogen and oxygen atoms in total. The summed E-state index contributed by atoms with van der Waals surface area (Å²) in [4.78, 5) is 4.63. The van der Waals surface area contributed by atoms with Crippen LogP contribution >= 0.6 is 24.0 Å². The van der Waals surface area contributed by atoms with Gasteiger partial charge in [0.1, 0.15) is 23.3 Å². The van der Waals surface area contributed by atoms with Gasteiger partial charge in [0.25, 0.3) is 0 Å². The van der Waals surface area contributed by atoms with Gasteiger partial charge in [-0.3, -0.25) is 4.99 Å². The van der Waals surface area contributed by atoms with Gasteiger partial charge in [-0.25, -0.2) is 9.07 Å². The van der Waals surface area contributed by atoms with E-state index in [0.29, 0.717) is 54.5 Å². The maximum absolute atomic E-state index is 13.9. The van der Waals surface area contributed by atoms with E-state index >= 15 is 0 Å². The fraction of sp³-hybridized carbons (Fsp3) is 0.320. The van der Waals surface area contributed by atoms with Crippen molar-refractivity contribution in [2.75, 3.05) is 18.8 Å². The standard InChI is InChI=1S/C25H30FN7.HI/c1-4-29-25(31-18(3)19-13-12-17(2)22(26)15-19)30-14-8-11-23-21(16-27)24(28)33(32-23)20-9-6-5-7-10-20;/h5-7,9-10,12-13,15,18H,4,8,11,14,28H2,1-3H3,(H2,29,30,31);1H. The molecule has 0 aliphatic heterocycles. The zero-order valence-corrected chi connectivity index (χ0v) is 22.0. The predicted molar refractivity (Wildman–Crippen MR) is 145 cm³/mol. The summed E-state index contributed by atoms with van der Waals surface area (Å²) >= 11 is 0. The van der Waals surface area contributed by atoms with E-state index in [0.717, 1.165) is 11.3 Å². The molecule has 0 fully saturated rings. The normalized spacial score (nSPS) is 11.9. The molecule has 0 aliphatic carbocycles. The molecule has 1 atom stereocenters. The molecule has 3 rings (SSSR count). The number of guanidine groups is 1. The first-order chi connectivity index (χ1) is 15.9. The number of benzene rings is 2. The SMILES string of the molecule is CCNC(=NCCCc1nn(-c2ccccc2)c(N)c1C#N)NC(C)c1ccc(C)c(F)c1.I. The molecule has 34 heavy (non-hydrogen) atoms. The number of halogens is 2. The Morgan fingerprint density at radius 1 is 1.26 bits per heavy atom. The third kappa shape index (κ3) is 6.70. The first-order valence-electron chi connectivity index (χ1n) is 11.1. The molecule has 0 bridgehead atoms. The number of aliphatic imine (C=N–C) groups is 1. The van der Waals surface area contributed by atoms with Gasteiger partial charge in [0, 0.05) is 13.1 Å². The molecular weight excluding hydrogens is 544 g/mol. The lowest BCUT2D eigenvalue weighted by Gasteiger charge is -2.18. The summed E-state index contributed by atoms with van der Waals surface area (Å²) in [6.07, 6.45) is 1.28. The van der Waals surface area contributed by atoms with E-state index in [-0.39, 0.29) is 35.8 Å². The Morgan fingerprint density at radius 2 is 2.00 bits per heavy atom. The number of anilines is 1. The smallest absolute Gasteiger partial charge is 0.191 e. The fourth-order valence-corrected chi connectivity index (χ4v) is 3.47. The van der Waals surface area contributed by atoms with Gasteiger partial charge < -0.3 is 16.4 Å². The molecule has 0 aliphatic rings. The fourth-order valence-electron chi connectivity index (χ4n) is 3.47. The summed E-state index contributed by atoms with van der Waals surface area (Å²) in [5, 5.41) is 20.7. The zero-order chi connectivity index (χ0) is 23.8. The lowest BCUT2D eigenvalue weighted by atomic mass is 10.1. The third-order valence-electron chi connectivity index (χ3n) is 5.34. The number of aryl methyl sites for hydroxylation is 2. The van der Waals surface area contributed by atoms with Crippen molar-refractivity contribution >= 4 is 35.8 Å². The molecule has 0 amide bonds. The number of nitriles is 1. The van der Waals surface area contributed by atoms with E-state index in [1.807, 2.05) is 50.2 Å². The van der Waals surface area contributed by atoms with Crippen LogP contribution in [0, 0.1) is 24.1 Å². The van der Waals surface area contributed by atoms with Crippen molar-refractivity contribution in [3.05, 3.63) is 76.7 Å². The Bertz CT molecular complexity index is 1150. The number of hydrogen-bond donors (Lipinski definition) is 3. The average molecular weight is 575 g/mol. The minimum absolute atomic E-state index is 0. The van der Waals surface area contributed by atoms with Crippen LogP contribution in [0.4, 0.5) is 10.2 Å². The number of nitrogens with two attached hydrogens (primary N) is 1. The molecule has 0 saturated heterocycles. The quantitative estimate of drug-likeness (QED) is 0.157. The van der Waals surface area contributed by atoms with Gasteiger partial charge in [-0.05, 0) is 62.9 Å². The molecule has 9 heteroatoms. The van der Waals surface area contributed by atoms with E-state index in [9.17, 15) is 9.65 Å². The summed E-state index contributed by atoms with van der Waals surface area (Å²) in [7, 11) is 0. The molecule has 0 saturated carbocycles. The molecule has 1 aromatic heterocycles. The highest BCUT2D eigenvalue weighted by atomic mass is 127. The third-order valence-corrected chi connectivity index (χ3v) is 5.34. The minimum atomic E-state index is -0.217. The molecule has 0 spiro atoms. The van der Waals surface area contributed by atoms with Crippen molar-refractivity contribution in [2.45, 2.75) is 39.7 Å². The molecule has 1 heterocycles. The second kappa shape index (κ2) is 12.9. The van der Waals surface area contributed by atoms with Gasteiger partial charge >= 0.3 is 0 Å². The lowest BCUT2D eigenvalue weighted by molar-refractivity contribution is 0.607. The van der Waals surface area contributed by atoms with Crippen molar-refractivity contribution in [2.24, 2.45) is 4.99 Å². The summed E-state index contributed by atoms with van der Waals surface area (Å²) in [6, 6.07) is 16.8. The Kier molecular flexibility index (Phi) is 10.3. The summed E-state index contributed by atoms with van der Waals surface area (Å²) < 4.78 is 15.5. The van der Waals surface area contributed by atoms with Crippen LogP contribution < -0.4 is 16.4 Å². The maximum Gasteiger partial charge on any atom is 0.191 e. The first-order valence-corrected chi connectivity index (χ1v) is 11.1. The van der Waals surface area contributed by atoms with Crippen LogP contribution in [0.5, 0.6) is 0 Å². The molecule has 3 aromatic rings. The molecule has 1 unspecified atom stereocenters. The van der Waals surface area contributed by atoms with Crippen LogP contribution in [0.3, 0.4) is 0 Å². The monoisotopic (exact) mass is 575 g/mol. The van der Waals surface area contributed by atoms with Crippen molar-refractivity contribution in [3.8, 4) is 11.8 Å². The number of aromatic nitrogens is 2. The van der Waals surface area contributed by atoms with Crippen molar-refractivity contribution < 1.29 is 4.39 Å². The van der Waals surface area contributed by atoms with Gasteiger partial charge in [0.2, 0.25) is 0 Å². The molecule has 180 valence electrons. The van der Waals surface area contributed by atoms with Crippen LogP contribution in [-0.4, -0.2) is 28.8 Å². The molecule has 2 aromatic carbocycles. The molecular formula is C25H31FIN7. The average Bonchev–Trinajstić information content (AvgIpc) is 3.14. The topological polar surface area (TPSA) is 104 Å². The molecule has 4 N–H and O–H groups in total. The number of nitrogen functional groups attached to an aromatic ring is 1. The predicted octanol–water partition coefficient (Wildman–Crippen LogP) is 4.64. The largest absolute Gasteiger partial charge is 0.382 e. The van der Waals surface area contributed by atoms with E-state index in [1.165, 1.54) is 0 Å². The van der Waals surface area contributed by atoms with E-state index in [4.69, 9.17) is 5.73 Å². The number of nitrogens with one attached hydrogen (secondary N) is 2. The summed E-state index contributed by atoms with van der Waals surface area (Å²) in [6.45, 7) is 6.95. The highest BCUT2D eigenvalue weighted by Gasteiger charge is 2.16.